The van der Waals surface area contributed by atoms with Crippen LogP contribution in [0.2, 0.25) is 0 Å². The van der Waals surface area contributed by atoms with Gasteiger partial charge in [-0.3, -0.25) is 9.59 Å². The molecule has 33 heteroatoms. The van der Waals surface area contributed by atoms with Crippen molar-refractivity contribution in [3.8, 4) is 0 Å². The molecule has 30 atom stereocenters. The largest absolute Gasteiger partial charge is 0.394 e. The van der Waals surface area contributed by atoms with Crippen LogP contribution in [0.4, 0.5) is 0 Å². The van der Waals surface area contributed by atoms with E-state index in [2.05, 4.69) is 10.6 Å². The molecule has 73 heavy (non-hydrogen) atoms. The minimum Gasteiger partial charge on any atom is -0.394 e. The van der Waals surface area contributed by atoms with Crippen molar-refractivity contribution in [2.75, 3.05) is 39.6 Å². The third-order valence-electron chi connectivity index (χ3n) is 13.2. The van der Waals surface area contributed by atoms with Gasteiger partial charge in [-0.2, -0.15) is 0 Å². The van der Waals surface area contributed by atoms with Crippen LogP contribution in [0.15, 0.2) is 0 Å². The Labute approximate surface area is 413 Å². The number of ether oxygens (including phenoxy) is 11. The van der Waals surface area contributed by atoms with Gasteiger partial charge < -0.3 is 155 Å². The van der Waals surface area contributed by atoms with Crippen molar-refractivity contribution in [2.45, 2.75) is 198 Å². The number of nitrogens with one attached hydrogen (secondary N) is 2. The standard InChI is InChI=1S/C40H68N2O31/c1-9(47)41-17-23(53)32(13(5-45)65-35(17)62)71-36-18(42-10(2)48)24(54)33(14(6-46)68-36)72-40-30(60)27(57)21(51)15(70-40)7-64-38-31(61)34(73-39-29(59)26(56)20(50)12(4-44)67-39)22(52)16(69-38)8-63-37-28(58)25(55)19(49)11(3-43)66-37/h11-40,43-46,49-62H,3-8H2,1-2H3,(H,41,47)(H,42,48)/t11-,12-,13-,14-,15-,16-,17-,18-,19-,20-,21-,22-,23-,24-,25+,26+,27+,28+,29+,30+,31+,32-,33-,34+,35-,36+,37+,38+,39-,40+/m1/s1. The minimum absolute atomic E-state index is 0.702. The summed E-state index contributed by atoms with van der Waals surface area (Å²) in [5.74, 6) is -1.51. The van der Waals surface area contributed by atoms with Gasteiger partial charge >= 0.3 is 0 Å². The van der Waals surface area contributed by atoms with Gasteiger partial charge in [0.05, 0.1) is 39.6 Å². The summed E-state index contributed by atoms with van der Waals surface area (Å²) < 4.78 is 62.1. The fourth-order valence-electron chi connectivity index (χ4n) is 9.11. The Hall–Kier alpha value is -2.22. The number of carbonyl (C=O) groups excluding carboxylic acids is 2. The molecule has 33 nitrogen and oxygen atoms in total. The molecule has 424 valence electrons. The smallest absolute Gasteiger partial charge is 0.217 e. The van der Waals surface area contributed by atoms with E-state index in [-0.39, 0.29) is 0 Å². The lowest BCUT2D eigenvalue weighted by atomic mass is 9.94. The van der Waals surface area contributed by atoms with Crippen LogP contribution < -0.4 is 10.6 Å². The van der Waals surface area contributed by atoms with Gasteiger partial charge in [0.15, 0.2) is 37.7 Å². The summed E-state index contributed by atoms with van der Waals surface area (Å²) in [5.41, 5.74) is 0. The number of aliphatic hydroxyl groups is 18. The average molecular weight is 1070 g/mol. The van der Waals surface area contributed by atoms with Gasteiger partial charge in [0, 0.05) is 13.8 Å². The van der Waals surface area contributed by atoms with Crippen LogP contribution in [0.5, 0.6) is 0 Å². The van der Waals surface area contributed by atoms with Crippen LogP contribution in [0.1, 0.15) is 13.8 Å². The number of amides is 2. The van der Waals surface area contributed by atoms with Gasteiger partial charge in [-0.05, 0) is 0 Å². The monoisotopic (exact) mass is 1070 g/mol. The van der Waals surface area contributed by atoms with E-state index in [9.17, 15) is 102 Å². The maximum absolute atomic E-state index is 12.4. The molecule has 6 rings (SSSR count). The summed E-state index contributed by atoms with van der Waals surface area (Å²) in [5, 5.41) is 196. The van der Waals surface area contributed by atoms with Crippen molar-refractivity contribution in [3.05, 3.63) is 0 Å². The fraction of sp³-hybridized carbons (Fsp3) is 0.950. The number of rotatable bonds is 18. The number of aliphatic hydroxyl groups excluding tert-OH is 18. The molecule has 0 aromatic rings. The highest BCUT2D eigenvalue weighted by Gasteiger charge is 2.56. The second-order valence-corrected chi connectivity index (χ2v) is 18.3. The van der Waals surface area contributed by atoms with Gasteiger partial charge in [0.1, 0.15) is 146 Å². The molecular formula is C40H68N2O31. The van der Waals surface area contributed by atoms with E-state index in [1.807, 2.05) is 0 Å². The maximum atomic E-state index is 12.4. The predicted molar refractivity (Wildman–Crippen MR) is 222 cm³/mol. The van der Waals surface area contributed by atoms with Crippen LogP contribution in [0.3, 0.4) is 0 Å². The van der Waals surface area contributed by atoms with Gasteiger partial charge in [0.25, 0.3) is 0 Å². The SMILES string of the molecule is CC(=O)N[C@@H]1[C@@H](O)[C@H](O[C@@H]2O[C@H](CO)[C@@H](O[C@@H]3O[C@H](CO[C@H]4O[C@H](CO[C@H]5O[C@H](CO)[C@@H](O)[C@H](O)[C@@H]5O)[C@@H](O)[C@H](O[C@H]5O[C@H](CO)[C@@H](O)[C@H](O)[C@@H]5O)[C@@H]4O)[C@@H](O)[C@H](O)[C@@H]3O)[C@H](O)[C@H]2NC(C)=O)[C@@H](CO)O[C@H]1O. The number of carbonyl (C=O) groups is 2. The van der Waals surface area contributed by atoms with E-state index in [4.69, 9.17) is 52.1 Å². The first-order chi connectivity index (χ1) is 34.5. The molecule has 0 aromatic carbocycles. The van der Waals surface area contributed by atoms with Gasteiger partial charge in [-0.25, -0.2) is 0 Å². The maximum Gasteiger partial charge on any atom is 0.217 e. The summed E-state index contributed by atoms with van der Waals surface area (Å²) in [6, 6.07) is -3.20. The van der Waals surface area contributed by atoms with E-state index in [1.54, 1.807) is 0 Å². The highest BCUT2D eigenvalue weighted by atomic mass is 16.8. The Morgan fingerprint density at radius 1 is 0.356 bits per heavy atom. The van der Waals surface area contributed by atoms with Crippen molar-refractivity contribution >= 4 is 11.8 Å². The Balaban J connectivity index is 1.19. The lowest BCUT2D eigenvalue weighted by Gasteiger charge is -2.49. The van der Waals surface area contributed by atoms with E-state index in [0.29, 0.717) is 0 Å². The van der Waals surface area contributed by atoms with Gasteiger partial charge in [-0.1, -0.05) is 0 Å². The third kappa shape index (κ3) is 13.2. The summed E-state index contributed by atoms with van der Waals surface area (Å²) >= 11 is 0. The fourth-order valence-corrected chi connectivity index (χ4v) is 9.11. The third-order valence-corrected chi connectivity index (χ3v) is 13.2. The van der Waals surface area contributed by atoms with E-state index >= 15 is 0 Å². The number of hydrogen-bond donors (Lipinski definition) is 20. The lowest BCUT2D eigenvalue weighted by Crippen LogP contribution is -2.70. The molecule has 0 unspecified atom stereocenters. The molecule has 0 spiro atoms. The zero-order chi connectivity index (χ0) is 53.9. The van der Waals surface area contributed by atoms with Gasteiger partial charge in [0.2, 0.25) is 11.8 Å². The van der Waals surface area contributed by atoms with E-state index in [1.165, 1.54) is 0 Å². The van der Waals surface area contributed by atoms with Crippen LogP contribution in [-0.2, 0) is 61.7 Å². The summed E-state index contributed by atoms with van der Waals surface area (Å²) in [4.78, 5) is 24.3. The second kappa shape index (κ2) is 26.0. The second-order valence-electron chi connectivity index (χ2n) is 18.3. The normalized spacial score (nSPS) is 49.8. The molecule has 6 heterocycles. The Bertz CT molecular complexity index is 1750. The molecule has 6 fully saturated rings. The van der Waals surface area contributed by atoms with Gasteiger partial charge in [-0.15, -0.1) is 0 Å². The van der Waals surface area contributed by atoms with Crippen LogP contribution >= 0.6 is 0 Å². The quantitative estimate of drug-likeness (QED) is 0.0606. The first-order valence-corrected chi connectivity index (χ1v) is 23.1. The average Bonchev–Trinajstić information content (AvgIpc) is 3.35. The Morgan fingerprint density at radius 2 is 0.699 bits per heavy atom. The molecule has 0 aromatic heterocycles. The minimum atomic E-state index is -2.16. The van der Waals surface area contributed by atoms with Crippen molar-refractivity contribution in [3.63, 3.8) is 0 Å². The molecule has 0 aliphatic carbocycles. The zero-order valence-corrected chi connectivity index (χ0v) is 38.9. The lowest BCUT2D eigenvalue weighted by molar-refractivity contribution is -0.376. The molecule has 6 aliphatic rings. The summed E-state index contributed by atoms with van der Waals surface area (Å²) in [6.45, 7) is -3.29. The predicted octanol–water partition coefficient (Wildman–Crippen LogP) is -13.8. The molecule has 6 aliphatic heterocycles. The molecule has 2 amide bonds. The van der Waals surface area contributed by atoms with Crippen molar-refractivity contribution in [1.82, 2.24) is 10.6 Å². The van der Waals surface area contributed by atoms with Crippen LogP contribution in [-0.4, -0.2) is 327 Å². The van der Waals surface area contributed by atoms with Crippen molar-refractivity contribution < 1.29 is 154 Å². The zero-order valence-electron chi connectivity index (χ0n) is 38.9. The number of hydrogen-bond acceptors (Lipinski definition) is 31. The van der Waals surface area contributed by atoms with Crippen LogP contribution in [0, 0.1) is 0 Å². The first kappa shape index (κ1) is 60.0. The highest BCUT2D eigenvalue weighted by Crippen LogP contribution is 2.35. The first-order valence-electron chi connectivity index (χ1n) is 23.1. The highest BCUT2D eigenvalue weighted by molar-refractivity contribution is 5.73. The summed E-state index contributed by atoms with van der Waals surface area (Å²) in [6.07, 6.45) is -52.5. The Kier molecular flexibility index (Phi) is 21.3. The molecular weight excluding hydrogens is 1000 g/mol. The summed E-state index contributed by atoms with van der Waals surface area (Å²) in [7, 11) is 0. The Morgan fingerprint density at radius 3 is 1.19 bits per heavy atom. The van der Waals surface area contributed by atoms with E-state index < -0.39 is 236 Å². The van der Waals surface area contributed by atoms with Crippen molar-refractivity contribution in [2.24, 2.45) is 0 Å². The van der Waals surface area contributed by atoms with Crippen LogP contribution in [0.25, 0.3) is 0 Å². The molecule has 20 N–H and O–H groups in total. The molecule has 0 saturated carbocycles. The van der Waals surface area contributed by atoms with E-state index in [0.717, 1.165) is 13.8 Å². The molecule has 6 saturated heterocycles. The molecule has 0 radical (unpaired) electrons. The van der Waals surface area contributed by atoms with Crippen molar-refractivity contribution in [1.29, 1.82) is 0 Å². The topological polar surface area (TPSA) is 524 Å². The molecule has 0 bridgehead atoms.